The number of amides is 1. The maximum absolute atomic E-state index is 12.9. The first-order valence-corrected chi connectivity index (χ1v) is 9.87. The molecule has 0 aliphatic carbocycles. The number of fused-ring (bicyclic) bond motifs is 1. The molecule has 0 bridgehead atoms. The van der Waals surface area contributed by atoms with Crippen molar-refractivity contribution in [3.8, 4) is 0 Å². The fourth-order valence-corrected chi connectivity index (χ4v) is 3.31. The number of aryl methyl sites for hydroxylation is 2. The molecule has 1 N–H and O–H groups in total. The van der Waals surface area contributed by atoms with Gasteiger partial charge in [-0.05, 0) is 32.8 Å². The molecular formula is C22H25N3O5. The number of furan rings is 1. The van der Waals surface area contributed by atoms with Crippen molar-refractivity contribution in [1.29, 1.82) is 0 Å². The van der Waals surface area contributed by atoms with Gasteiger partial charge >= 0.3 is 5.97 Å². The molecule has 1 atom stereocenters. The average molecular weight is 411 g/mol. The highest BCUT2D eigenvalue weighted by Gasteiger charge is 2.24. The Morgan fingerprint density at radius 3 is 2.53 bits per heavy atom. The first-order chi connectivity index (χ1) is 14.3. The molecule has 0 unspecified atom stereocenters. The Balaban J connectivity index is 1.86. The highest BCUT2D eigenvalue weighted by atomic mass is 16.5. The molecule has 0 radical (unpaired) electrons. The van der Waals surface area contributed by atoms with Gasteiger partial charge in [-0.3, -0.25) is 14.2 Å². The third kappa shape index (κ3) is 4.27. The summed E-state index contributed by atoms with van der Waals surface area (Å²) in [4.78, 5) is 41.9. The lowest BCUT2D eigenvalue weighted by Gasteiger charge is -2.18. The molecule has 1 amide bonds. The molecule has 2 heterocycles. The average Bonchev–Trinajstić information content (AvgIpc) is 3.06. The monoisotopic (exact) mass is 411 g/mol. The summed E-state index contributed by atoms with van der Waals surface area (Å²) < 4.78 is 11.6. The largest absolute Gasteiger partial charge is 0.462 e. The Hall–Kier alpha value is -3.42. The minimum atomic E-state index is -0.653. The van der Waals surface area contributed by atoms with Crippen LogP contribution in [0.15, 0.2) is 39.8 Å². The smallest absolute Gasteiger partial charge is 0.342 e. The van der Waals surface area contributed by atoms with Gasteiger partial charge in [0.05, 0.1) is 12.6 Å². The van der Waals surface area contributed by atoms with Gasteiger partial charge in [-0.25, -0.2) is 9.78 Å². The van der Waals surface area contributed by atoms with E-state index in [0.29, 0.717) is 6.42 Å². The number of carbonyl (C=O) groups excluding carboxylic acids is 2. The summed E-state index contributed by atoms with van der Waals surface area (Å²) in [5.41, 5.74) is 1.69. The van der Waals surface area contributed by atoms with E-state index in [2.05, 4.69) is 10.3 Å². The van der Waals surface area contributed by atoms with Crippen LogP contribution in [0.25, 0.3) is 11.1 Å². The highest BCUT2D eigenvalue weighted by Crippen LogP contribution is 2.22. The summed E-state index contributed by atoms with van der Waals surface area (Å²) in [6.07, 6.45) is 1.95. The number of rotatable bonds is 7. The molecule has 0 saturated heterocycles. The van der Waals surface area contributed by atoms with Crippen molar-refractivity contribution < 1.29 is 18.7 Å². The predicted molar refractivity (Wildman–Crippen MR) is 111 cm³/mol. The van der Waals surface area contributed by atoms with Gasteiger partial charge in [0.25, 0.3) is 5.56 Å². The van der Waals surface area contributed by atoms with Gasteiger partial charge in [0, 0.05) is 0 Å². The van der Waals surface area contributed by atoms with Crippen molar-refractivity contribution in [2.24, 2.45) is 0 Å². The molecule has 0 aliphatic rings. The number of benzene rings is 1. The van der Waals surface area contributed by atoms with Crippen LogP contribution in [0.4, 0.5) is 0 Å². The minimum Gasteiger partial charge on any atom is -0.462 e. The number of nitrogens with zero attached hydrogens (tertiary/aromatic N) is 2. The fraction of sp³-hybridized carbons (Fsp3) is 0.364. The summed E-state index contributed by atoms with van der Waals surface area (Å²) in [5, 5.41) is 2.97. The lowest BCUT2D eigenvalue weighted by molar-refractivity contribution is -0.122. The van der Waals surface area contributed by atoms with Crippen LogP contribution in [0.1, 0.15) is 53.6 Å². The van der Waals surface area contributed by atoms with Gasteiger partial charge in [-0.15, -0.1) is 0 Å². The van der Waals surface area contributed by atoms with Crippen LogP contribution in [-0.4, -0.2) is 28.0 Å². The quantitative estimate of drug-likeness (QED) is 0.600. The van der Waals surface area contributed by atoms with Gasteiger partial charge in [0.15, 0.2) is 0 Å². The maximum Gasteiger partial charge on any atom is 0.342 e. The first-order valence-electron chi connectivity index (χ1n) is 9.87. The van der Waals surface area contributed by atoms with E-state index in [-0.39, 0.29) is 47.5 Å². The van der Waals surface area contributed by atoms with Gasteiger partial charge < -0.3 is 14.5 Å². The summed E-state index contributed by atoms with van der Waals surface area (Å²) >= 11 is 0. The predicted octanol–water partition coefficient (Wildman–Crippen LogP) is 3.05. The number of hydrogen-bond donors (Lipinski definition) is 1. The van der Waals surface area contributed by atoms with Crippen LogP contribution < -0.4 is 10.9 Å². The van der Waals surface area contributed by atoms with Gasteiger partial charge in [0.1, 0.15) is 29.6 Å². The Morgan fingerprint density at radius 2 is 1.90 bits per heavy atom. The molecular weight excluding hydrogens is 386 g/mol. The number of esters is 1. The number of ether oxygens (including phenoxy) is 1. The summed E-state index contributed by atoms with van der Waals surface area (Å²) in [5.74, 6) is -0.732. The summed E-state index contributed by atoms with van der Waals surface area (Å²) in [7, 11) is 0. The normalized spacial score (nSPS) is 12.0. The lowest BCUT2D eigenvalue weighted by atomic mass is 10.0. The Labute approximate surface area is 173 Å². The van der Waals surface area contributed by atoms with Gasteiger partial charge in [-0.1, -0.05) is 36.8 Å². The van der Waals surface area contributed by atoms with Crippen molar-refractivity contribution in [1.82, 2.24) is 14.9 Å². The Morgan fingerprint density at radius 1 is 1.20 bits per heavy atom. The molecule has 0 spiro atoms. The minimum absolute atomic E-state index is 0.0202. The second-order valence-electron chi connectivity index (χ2n) is 7.05. The van der Waals surface area contributed by atoms with E-state index in [1.54, 1.807) is 13.8 Å². The van der Waals surface area contributed by atoms with E-state index in [1.165, 1.54) is 6.33 Å². The van der Waals surface area contributed by atoms with E-state index >= 15 is 0 Å². The summed E-state index contributed by atoms with van der Waals surface area (Å²) in [6.45, 7) is 7.16. The van der Waals surface area contributed by atoms with Crippen LogP contribution >= 0.6 is 0 Å². The summed E-state index contributed by atoms with van der Waals surface area (Å²) in [6, 6.07) is 7.76. The zero-order valence-corrected chi connectivity index (χ0v) is 17.5. The van der Waals surface area contributed by atoms with Crippen LogP contribution in [0.2, 0.25) is 0 Å². The third-order valence-electron chi connectivity index (χ3n) is 4.87. The number of hydrogen-bond acceptors (Lipinski definition) is 6. The van der Waals surface area contributed by atoms with Crippen LogP contribution in [0.3, 0.4) is 0 Å². The Kier molecular flexibility index (Phi) is 6.34. The zero-order chi connectivity index (χ0) is 21.8. The third-order valence-corrected chi connectivity index (χ3v) is 4.87. The molecule has 1 aromatic carbocycles. The molecule has 30 heavy (non-hydrogen) atoms. The van der Waals surface area contributed by atoms with Crippen LogP contribution in [-0.2, 0) is 16.1 Å². The zero-order valence-electron chi connectivity index (χ0n) is 17.5. The number of aromatic nitrogens is 2. The molecule has 158 valence electrons. The van der Waals surface area contributed by atoms with Crippen molar-refractivity contribution in [2.75, 3.05) is 6.61 Å². The molecule has 3 aromatic rings. The second kappa shape index (κ2) is 8.94. The molecule has 0 saturated carbocycles. The Bertz CT molecular complexity index is 1130. The molecule has 8 heteroatoms. The van der Waals surface area contributed by atoms with Crippen LogP contribution in [0.5, 0.6) is 0 Å². The van der Waals surface area contributed by atoms with Gasteiger partial charge in [0.2, 0.25) is 11.6 Å². The maximum atomic E-state index is 12.9. The molecule has 2 aromatic heterocycles. The molecule has 3 rings (SSSR count). The topological polar surface area (TPSA) is 103 Å². The molecule has 0 aliphatic heterocycles. The van der Waals surface area contributed by atoms with Crippen molar-refractivity contribution >= 4 is 23.0 Å². The van der Waals surface area contributed by atoms with E-state index < -0.39 is 11.5 Å². The number of carbonyl (C=O) groups is 2. The van der Waals surface area contributed by atoms with E-state index in [0.717, 1.165) is 15.7 Å². The van der Waals surface area contributed by atoms with Crippen molar-refractivity contribution in [2.45, 2.75) is 46.7 Å². The van der Waals surface area contributed by atoms with E-state index in [1.807, 2.05) is 38.1 Å². The number of nitrogens with one attached hydrogen (secondary N) is 1. The SMILES string of the molecule is CCOC(=O)c1c(C)oc2ncn(CC(=O)N[C@H](CC)c3ccc(C)cc3)c(=O)c12. The molecule has 0 fully saturated rings. The first kappa shape index (κ1) is 21.3. The second-order valence-corrected chi connectivity index (χ2v) is 7.05. The van der Waals surface area contributed by atoms with Crippen LogP contribution in [0, 0.1) is 13.8 Å². The van der Waals surface area contributed by atoms with Gasteiger partial charge in [-0.2, -0.15) is 0 Å². The lowest BCUT2D eigenvalue weighted by Crippen LogP contribution is -2.34. The highest BCUT2D eigenvalue weighted by molar-refractivity contribution is 6.03. The standard InChI is InChI=1S/C22H25N3O5/c1-5-16(15-9-7-13(3)8-10-15)24-17(26)11-25-12-23-20-19(21(25)27)18(14(4)30-20)22(28)29-6-2/h7-10,12,16H,5-6,11H2,1-4H3,(H,24,26)/t16-/m1/s1. The van der Waals surface area contributed by atoms with E-state index in [9.17, 15) is 14.4 Å². The van der Waals surface area contributed by atoms with Crippen molar-refractivity contribution in [3.63, 3.8) is 0 Å². The molecule has 8 nitrogen and oxygen atoms in total. The van der Waals surface area contributed by atoms with E-state index in [4.69, 9.17) is 9.15 Å². The fourth-order valence-electron chi connectivity index (χ4n) is 3.31. The van der Waals surface area contributed by atoms with Crippen molar-refractivity contribution in [3.05, 3.63) is 63.4 Å².